The van der Waals surface area contributed by atoms with Crippen molar-refractivity contribution >= 4 is 27.4 Å². The maximum Gasteiger partial charge on any atom is 0.373 e. The van der Waals surface area contributed by atoms with Gasteiger partial charge in [0.1, 0.15) is 17.3 Å². The molecule has 0 bridgehead atoms. The molecule has 1 N–H and O–H groups in total. The number of methoxy groups -OCH3 is 3. The molecule has 0 spiro atoms. The second kappa shape index (κ2) is 8.58. The largest absolute Gasteiger partial charge is 0.493 e. The summed E-state index contributed by atoms with van der Waals surface area (Å²) in [4.78, 5) is 23.4. The van der Waals surface area contributed by atoms with Crippen molar-refractivity contribution < 1.29 is 36.6 Å². The molecule has 0 aliphatic carbocycles. The molecule has 0 unspecified atom stereocenters. The van der Waals surface area contributed by atoms with E-state index in [4.69, 9.17) is 13.9 Å². The maximum absolute atomic E-state index is 12.2. The van der Waals surface area contributed by atoms with Gasteiger partial charge in [0.2, 0.25) is 11.7 Å². The third-order valence-electron chi connectivity index (χ3n) is 3.43. The zero-order valence-electron chi connectivity index (χ0n) is 15.0. The molecule has 0 atom stereocenters. The maximum atomic E-state index is 12.2. The van der Waals surface area contributed by atoms with E-state index in [2.05, 4.69) is 10.1 Å². The van der Waals surface area contributed by atoms with Gasteiger partial charge in [-0.15, -0.1) is 0 Å². The number of sulfone groups is 1. The van der Waals surface area contributed by atoms with Gasteiger partial charge in [0, 0.05) is 11.8 Å². The number of hydrogen-bond donors (Lipinski definition) is 1. The molecule has 2 aromatic rings. The summed E-state index contributed by atoms with van der Waals surface area (Å²) in [5.74, 6) is -1.93. The minimum Gasteiger partial charge on any atom is -0.493 e. The van der Waals surface area contributed by atoms with Crippen molar-refractivity contribution in [1.29, 1.82) is 0 Å². The minimum absolute atomic E-state index is 0.0364. The van der Waals surface area contributed by atoms with Crippen LogP contribution in [0.3, 0.4) is 0 Å². The number of benzene rings is 1. The van der Waals surface area contributed by atoms with Gasteiger partial charge in [-0.1, -0.05) is 0 Å². The topological polar surface area (TPSA) is 121 Å². The molecule has 0 aliphatic heterocycles. The van der Waals surface area contributed by atoms with E-state index in [-0.39, 0.29) is 11.5 Å². The number of ether oxygens (including phenoxy) is 3. The zero-order valence-corrected chi connectivity index (χ0v) is 15.8. The fraction of sp³-hybridized carbons (Fsp3) is 0.294. The van der Waals surface area contributed by atoms with Crippen LogP contribution in [0, 0.1) is 0 Å². The molecule has 0 saturated heterocycles. The number of nitrogens with one attached hydrogen (secondary N) is 1. The van der Waals surface area contributed by atoms with Gasteiger partial charge in [-0.3, -0.25) is 4.79 Å². The Balaban J connectivity index is 2.01. The lowest BCUT2D eigenvalue weighted by atomic mass is 10.2. The van der Waals surface area contributed by atoms with E-state index in [1.807, 2.05) is 0 Å². The Kier molecular flexibility index (Phi) is 6.45. The van der Waals surface area contributed by atoms with Crippen LogP contribution in [0.1, 0.15) is 16.3 Å². The first-order chi connectivity index (χ1) is 12.8. The molecule has 1 amide bonds. The smallest absolute Gasteiger partial charge is 0.373 e. The third kappa shape index (κ3) is 5.48. The molecule has 2 rings (SSSR count). The number of esters is 1. The number of furan rings is 1. The van der Waals surface area contributed by atoms with Crippen LogP contribution in [0.15, 0.2) is 34.7 Å². The van der Waals surface area contributed by atoms with Crippen molar-refractivity contribution in [2.45, 2.75) is 5.75 Å². The van der Waals surface area contributed by atoms with Gasteiger partial charge >= 0.3 is 5.97 Å². The van der Waals surface area contributed by atoms with Crippen LogP contribution in [0.25, 0.3) is 0 Å². The van der Waals surface area contributed by atoms with Gasteiger partial charge in [-0.25, -0.2) is 13.2 Å². The van der Waals surface area contributed by atoms with Gasteiger partial charge in [0.05, 0.1) is 21.3 Å². The number of amides is 1. The van der Waals surface area contributed by atoms with Crippen LogP contribution in [0.5, 0.6) is 11.5 Å². The highest BCUT2D eigenvalue weighted by molar-refractivity contribution is 7.91. The summed E-state index contributed by atoms with van der Waals surface area (Å²) in [6, 6.07) is 7.30. The zero-order chi connectivity index (χ0) is 20.0. The van der Waals surface area contributed by atoms with E-state index < -0.39 is 33.2 Å². The first-order valence-corrected chi connectivity index (χ1v) is 9.49. The summed E-state index contributed by atoms with van der Waals surface area (Å²) in [6.07, 6.45) is 0. The number of carbonyl (C=O) groups excluding carboxylic acids is 2. The molecular formula is C17H19NO8S. The Morgan fingerprint density at radius 3 is 2.37 bits per heavy atom. The summed E-state index contributed by atoms with van der Waals surface area (Å²) >= 11 is 0. The number of hydrogen-bond acceptors (Lipinski definition) is 8. The van der Waals surface area contributed by atoms with Crippen LogP contribution >= 0.6 is 0 Å². The van der Waals surface area contributed by atoms with Crippen molar-refractivity contribution in [3.8, 4) is 11.5 Å². The summed E-state index contributed by atoms with van der Waals surface area (Å²) < 4.78 is 44.2. The van der Waals surface area contributed by atoms with Gasteiger partial charge in [-0.2, -0.15) is 0 Å². The average molecular weight is 397 g/mol. The van der Waals surface area contributed by atoms with Crippen LogP contribution in [-0.4, -0.2) is 47.4 Å². The first-order valence-electron chi connectivity index (χ1n) is 7.67. The van der Waals surface area contributed by atoms with Gasteiger partial charge in [-0.05, 0) is 24.3 Å². The summed E-state index contributed by atoms with van der Waals surface area (Å²) in [5, 5.41) is 2.48. The lowest BCUT2D eigenvalue weighted by Crippen LogP contribution is -2.23. The molecule has 0 aliphatic rings. The highest BCUT2D eigenvalue weighted by Crippen LogP contribution is 2.29. The lowest BCUT2D eigenvalue weighted by Gasteiger charge is -2.10. The molecule has 0 saturated carbocycles. The van der Waals surface area contributed by atoms with Crippen LogP contribution in [0.4, 0.5) is 5.69 Å². The Labute approximate surface area is 156 Å². The van der Waals surface area contributed by atoms with Crippen molar-refractivity contribution in [2.75, 3.05) is 32.4 Å². The fourth-order valence-electron chi connectivity index (χ4n) is 2.24. The molecule has 1 aromatic heterocycles. The predicted molar refractivity (Wildman–Crippen MR) is 95.7 cm³/mol. The molecule has 1 heterocycles. The number of rotatable bonds is 8. The molecule has 146 valence electrons. The highest BCUT2D eigenvalue weighted by atomic mass is 32.2. The van der Waals surface area contributed by atoms with E-state index >= 15 is 0 Å². The Morgan fingerprint density at radius 2 is 1.74 bits per heavy atom. The molecular weight excluding hydrogens is 378 g/mol. The molecule has 9 nitrogen and oxygen atoms in total. The van der Waals surface area contributed by atoms with Crippen molar-refractivity contribution in [1.82, 2.24) is 0 Å². The van der Waals surface area contributed by atoms with Crippen LogP contribution in [-0.2, 0) is 25.1 Å². The van der Waals surface area contributed by atoms with Crippen molar-refractivity contribution in [2.24, 2.45) is 0 Å². The van der Waals surface area contributed by atoms with Crippen LogP contribution in [0.2, 0.25) is 0 Å². The minimum atomic E-state index is -3.82. The Hall–Kier alpha value is -3.01. The summed E-state index contributed by atoms with van der Waals surface area (Å²) in [6.45, 7) is 0. The Morgan fingerprint density at radius 1 is 1.04 bits per heavy atom. The SMILES string of the molecule is COC(=O)c1ccc(CS(=O)(=O)CC(=O)Nc2ccc(OC)c(OC)c2)o1. The predicted octanol–water partition coefficient (Wildman–Crippen LogP) is 1.64. The van der Waals surface area contributed by atoms with Crippen molar-refractivity contribution in [3.63, 3.8) is 0 Å². The molecule has 27 heavy (non-hydrogen) atoms. The van der Waals surface area contributed by atoms with E-state index in [0.717, 1.165) is 0 Å². The van der Waals surface area contributed by atoms with E-state index in [1.165, 1.54) is 39.5 Å². The molecule has 0 fully saturated rings. The molecule has 10 heteroatoms. The number of anilines is 1. The second-order valence-electron chi connectivity index (χ2n) is 5.41. The standard InChI is InChI=1S/C17H19NO8S/c1-23-13-6-4-11(8-15(13)24-2)18-16(19)10-27(21,22)9-12-5-7-14(26-12)17(20)25-3/h4-8H,9-10H2,1-3H3,(H,18,19). The first kappa shape index (κ1) is 20.3. The van der Waals surface area contributed by atoms with E-state index in [9.17, 15) is 18.0 Å². The van der Waals surface area contributed by atoms with Gasteiger partial charge < -0.3 is 23.9 Å². The summed E-state index contributed by atoms with van der Waals surface area (Å²) in [7, 11) is 0.284. The van der Waals surface area contributed by atoms with Gasteiger partial charge in [0.25, 0.3) is 0 Å². The molecule has 1 aromatic carbocycles. The Bertz CT molecular complexity index is 932. The summed E-state index contributed by atoms with van der Waals surface area (Å²) in [5.41, 5.74) is 0.360. The third-order valence-corrected chi connectivity index (χ3v) is 4.86. The van der Waals surface area contributed by atoms with Gasteiger partial charge in [0.15, 0.2) is 21.3 Å². The quantitative estimate of drug-likeness (QED) is 0.667. The highest BCUT2D eigenvalue weighted by Gasteiger charge is 2.21. The normalized spacial score (nSPS) is 10.9. The fourth-order valence-corrected chi connectivity index (χ4v) is 3.41. The second-order valence-corrected chi connectivity index (χ2v) is 7.47. The number of carbonyl (C=O) groups is 2. The lowest BCUT2D eigenvalue weighted by molar-refractivity contribution is -0.113. The van der Waals surface area contributed by atoms with E-state index in [0.29, 0.717) is 17.2 Å². The molecule has 0 radical (unpaired) electrons. The van der Waals surface area contributed by atoms with Crippen LogP contribution < -0.4 is 14.8 Å². The average Bonchev–Trinajstić information content (AvgIpc) is 3.07. The monoisotopic (exact) mass is 397 g/mol. The van der Waals surface area contributed by atoms with E-state index in [1.54, 1.807) is 12.1 Å². The van der Waals surface area contributed by atoms with Crippen molar-refractivity contribution in [3.05, 3.63) is 41.9 Å².